The maximum absolute atomic E-state index is 12.7. The molecule has 68 heavy (non-hydrogen) atoms. The predicted octanol–water partition coefficient (Wildman–Crippen LogP) is 19.6. The van der Waals surface area contributed by atoms with E-state index in [0.717, 1.165) is 64.2 Å². The zero-order valence-electron chi connectivity index (χ0n) is 45.1. The predicted molar refractivity (Wildman–Crippen MR) is 293 cm³/mol. The van der Waals surface area contributed by atoms with Crippen molar-refractivity contribution in [2.75, 3.05) is 13.2 Å². The Kier molecular flexibility index (Phi) is 54.3. The van der Waals surface area contributed by atoms with Crippen molar-refractivity contribution in [3.63, 3.8) is 0 Å². The molecule has 1 unspecified atom stereocenters. The van der Waals surface area contributed by atoms with Gasteiger partial charge < -0.3 is 14.2 Å². The molecule has 6 nitrogen and oxygen atoms in total. The van der Waals surface area contributed by atoms with Crippen molar-refractivity contribution in [1.29, 1.82) is 0 Å². The largest absolute Gasteiger partial charge is 0.462 e. The molecular formula is C62H110O6. The maximum Gasteiger partial charge on any atom is 0.306 e. The van der Waals surface area contributed by atoms with E-state index >= 15 is 0 Å². The lowest BCUT2D eigenvalue weighted by molar-refractivity contribution is -0.166. The second-order valence-corrected chi connectivity index (χ2v) is 19.5. The molecule has 0 aromatic heterocycles. The molecule has 0 aliphatic rings. The van der Waals surface area contributed by atoms with E-state index in [4.69, 9.17) is 14.2 Å². The minimum atomic E-state index is -0.806. The van der Waals surface area contributed by atoms with Gasteiger partial charge in [0.1, 0.15) is 13.2 Å². The number of hydrogen-bond donors (Lipinski definition) is 0. The second kappa shape index (κ2) is 56.7. The number of esters is 3. The third-order valence-electron chi connectivity index (χ3n) is 12.8. The third-order valence-corrected chi connectivity index (χ3v) is 12.8. The molecular weight excluding hydrogens is 841 g/mol. The van der Waals surface area contributed by atoms with Gasteiger partial charge in [-0.15, -0.1) is 0 Å². The summed E-state index contributed by atoms with van der Waals surface area (Å²) in [6.45, 7) is 6.42. The minimum Gasteiger partial charge on any atom is -0.462 e. The van der Waals surface area contributed by atoms with Crippen LogP contribution in [0.25, 0.3) is 0 Å². The number of hydrogen-bond acceptors (Lipinski definition) is 6. The summed E-state index contributed by atoms with van der Waals surface area (Å²) in [4.78, 5) is 37.7. The van der Waals surface area contributed by atoms with Crippen LogP contribution in [0.2, 0.25) is 0 Å². The highest BCUT2D eigenvalue weighted by atomic mass is 16.6. The van der Waals surface area contributed by atoms with Gasteiger partial charge in [0.15, 0.2) is 6.10 Å². The summed E-state index contributed by atoms with van der Waals surface area (Å²) in [5.41, 5.74) is 0. The molecule has 0 saturated carbocycles. The summed E-state index contributed by atoms with van der Waals surface area (Å²) >= 11 is 0. The van der Waals surface area contributed by atoms with E-state index in [-0.39, 0.29) is 37.5 Å². The first-order chi connectivity index (χ1) is 33.5. The van der Waals surface area contributed by atoms with E-state index in [1.807, 2.05) is 12.2 Å². The summed E-state index contributed by atoms with van der Waals surface area (Å²) in [6, 6.07) is 0. The molecule has 0 aromatic rings. The molecule has 0 aliphatic carbocycles. The Labute approximate surface area is 421 Å². The van der Waals surface area contributed by atoms with E-state index in [2.05, 4.69) is 69.4 Å². The Morgan fingerprint density at radius 2 is 0.603 bits per heavy atom. The molecule has 0 heterocycles. The highest BCUT2D eigenvalue weighted by Crippen LogP contribution is 2.17. The van der Waals surface area contributed by atoms with E-state index < -0.39 is 6.10 Å². The van der Waals surface area contributed by atoms with Crippen LogP contribution < -0.4 is 0 Å². The molecule has 0 spiro atoms. The van der Waals surface area contributed by atoms with Crippen LogP contribution in [0.3, 0.4) is 0 Å². The Morgan fingerprint density at radius 1 is 0.309 bits per heavy atom. The van der Waals surface area contributed by atoms with E-state index in [0.29, 0.717) is 19.3 Å². The van der Waals surface area contributed by atoms with Gasteiger partial charge in [-0.1, -0.05) is 268 Å². The number of carbonyl (C=O) groups is 3. The minimum absolute atomic E-state index is 0.100. The summed E-state index contributed by atoms with van der Waals surface area (Å²) < 4.78 is 16.6. The van der Waals surface area contributed by atoms with Crippen molar-refractivity contribution >= 4 is 17.9 Å². The van der Waals surface area contributed by atoms with Crippen molar-refractivity contribution in [1.82, 2.24) is 0 Å². The Bertz CT molecular complexity index is 1230. The lowest BCUT2D eigenvalue weighted by Gasteiger charge is -2.18. The van der Waals surface area contributed by atoms with Crippen LogP contribution in [0.1, 0.15) is 297 Å². The molecule has 0 bridgehead atoms. The van der Waals surface area contributed by atoms with Gasteiger partial charge >= 0.3 is 17.9 Å². The van der Waals surface area contributed by atoms with Crippen LogP contribution in [0.4, 0.5) is 0 Å². The fraction of sp³-hybridized carbons (Fsp3) is 0.790. The van der Waals surface area contributed by atoms with Crippen molar-refractivity contribution in [3.8, 4) is 0 Å². The van der Waals surface area contributed by atoms with Crippen LogP contribution in [0.5, 0.6) is 0 Å². The molecule has 1 atom stereocenters. The zero-order valence-corrected chi connectivity index (χ0v) is 45.1. The van der Waals surface area contributed by atoms with Crippen molar-refractivity contribution in [2.24, 2.45) is 0 Å². The van der Waals surface area contributed by atoms with E-state index in [1.165, 1.54) is 186 Å². The maximum atomic E-state index is 12.7. The fourth-order valence-corrected chi connectivity index (χ4v) is 8.39. The normalized spacial score (nSPS) is 12.5. The van der Waals surface area contributed by atoms with E-state index in [1.54, 1.807) is 0 Å². The number of unbranched alkanes of at least 4 members (excludes halogenated alkanes) is 32. The number of allylic oxidation sites excluding steroid dienone is 10. The van der Waals surface area contributed by atoms with Gasteiger partial charge in [-0.3, -0.25) is 14.4 Å². The monoisotopic (exact) mass is 951 g/mol. The van der Waals surface area contributed by atoms with Gasteiger partial charge in [-0.05, 0) is 70.6 Å². The van der Waals surface area contributed by atoms with Crippen LogP contribution in [-0.2, 0) is 28.6 Å². The van der Waals surface area contributed by atoms with Crippen molar-refractivity contribution in [3.05, 3.63) is 60.8 Å². The molecule has 0 aromatic carbocycles. The van der Waals surface area contributed by atoms with Gasteiger partial charge in [-0.2, -0.15) is 0 Å². The van der Waals surface area contributed by atoms with Gasteiger partial charge in [0, 0.05) is 19.3 Å². The Hall–Kier alpha value is -2.89. The summed E-state index contributed by atoms with van der Waals surface area (Å²) in [5.74, 6) is -0.985. The van der Waals surface area contributed by atoms with Crippen LogP contribution in [0.15, 0.2) is 60.8 Å². The number of rotatable bonds is 53. The van der Waals surface area contributed by atoms with Crippen LogP contribution >= 0.6 is 0 Å². The second-order valence-electron chi connectivity index (χ2n) is 19.5. The molecule has 0 radical (unpaired) electrons. The van der Waals surface area contributed by atoms with Crippen LogP contribution in [0, 0.1) is 0 Å². The van der Waals surface area contributed by atoms with Crippen LogP contribution in [-0.4, -0.2) is 37.2 Å². The first-order valence-electron chi connectivity index (χ1n) is 29.3. The average molecular weight is 952 g/mol. The number of carbonyl (C=O) groups excluding carboxylic acids is 3. The van der Waals surface area contributed by atoms with Gasteiger partial charge in [0.2, 0.25) is 0 Å². The number of ether oxygens (including phenoxy) is 3. The zero-order chi connectivity index (χ0) is 49.3. The van der Waals surface area contributed by atoms with E-state index in [9.17, 15) is 14.4 Å². The van der Waals surface area contributed by atoms with Crippen molar-refractivity contribution in [2.45, 2.75) is 303 Å². The van der Waals surface area contributed by atoms with Gasteiger partial charge in [-0.25, -0.2) is 0 Å². The lowest BCUT2D eigenvalue weighted by atomic mass is 10.0. The Morgan fingerprint density at radius 3 is 0.956 bits per heavy atom. The Balaban J connectivity index is 3.98. The molecule has 0 rings (SSSR count). The van der Waals surface area contributed by atoms with Gasteiger partial charge in [0.05, 0.1) is 0 Å². The molecule has 0 amide bonds. The topological polar surface area (TPSA) is 78.9 Å². The molecule has 0 saturated heterocycles. The molecule has 0 fully saturated rings. The average Bonchev–Trinajstić information content (AvgIpc) is 3.34. The fourth-order valence-electron chi connectivity index (χ4n) is 8.39. The van der Waals surface area contributed by atoms with Gasteiger partial charge in [0.25, 0.3) is 0 Å². The molecule has 6 heteroatoms. The highest BCUT2D eigenvalue weighted by Gasteiger charge is 2.19. The van der Waals surface area contributed by atoms with Crippen molar-refractivity contribution < 1.29 is 28.6 Å². The molecule has 394 valence electrons. The summed E-state index contributed by atoms with van der Waals surface area (Å²) in [5, 5.41) is 0. The third kappa shape index (κ3) is 54.1. The first-order valence-corrected chi connectivity index (χ1v) is 29.3. The standard InChI is InChI=1S/C62H110O6/c1-4-7-10-13-16-18-20-22-23-24-25-26-27-28-29-30-31-32-33-34-35-36-37-38-39-41-42-44-46-49-52-55-61(64)67-58-59(57-66-60(63)54-51-48-15-12-9-6-3)68-62(65)56-53-50-47-45-43-40-21-19-17-14-11-8-5-2/h8,11,17,19,24-25,40,43,47,50,59H,4-7,9-10,12-16,18,20-23,26-39,41-42,44-46,48-49,51-58H2,1-3H3/b11-8-,19-17-,25-24-,43-40-,50-47-. The quantitative estimate of drug-likeness (QED) is 0.0262. The summed E-state index contributed by atoms with van der Waals surface area (Å²) in [7, 11) is 0. The smallest absolute Gasteiger partial charge is 0.306 e. The lowest BCUT2D eigenvalue weighted by Crippen LogP contribution is -2.30. The first kappa shape index (κ1) is 65.1. The molecule has 0 N–H and O–H groups in total. The summed E-state index contributed by atoms with van der Waals surface area (Å²) in [6.07, 6.45) is 71.5. The SMILES string of the molecule is CC/C=C\C/C=C\C/C=C\C/C=C\CCC(=O)OC(COC(=O)CCCCCCCC)COC(=O)CCCCCCCCCCCCCCCCCCCCC/C=C\CCCCCCCCCC. The highest BCUT2D eigenvalue weighted by molar-refractivity contribution is 5.71. The molecule has 0 aliphatic heterocycles.